The Bertz CT molecular complexity index is 1310. The van der Waals surface area contributed by atoms with Gasteiger partial charge in [-0.1, -0.05) is 23.4 Å². The standard InChI is InChI=1S/C27H29N5O4/c1-16(2)35-24-10-9-17(13-18(24)14-28)26-30-25(31-36-26)22-7-3-6-21-20(22)5-4-8-23(21)29-27(34)32-12-11-19(33)15-32/h3,6-7,9-10,13,16,19,23,33H,4-5,8,11-12,15H2,1-2H3,(H,29,34)/t19-,23-/m0/s1. The van der Waals surface area contributed by atoms with Gasteiger partial charge in [-0.05, 0) is 68.9 Å². The Balaban J connectivity index is 1.40. The van der Waals surface area contributed by atoms with Crippen molar-refractivity contribution in [2.24, 2.45) is 0 Å². The second kappa shape index (κ2) is 9.99. The zero-order valence-electron chi connectivity index (χ0n) is 20.4. The molecule has 1 saturated heterocycles. The highest BCUT2D eigenvalue weighted by molar-refractivity contribution is 5.75. The Hall–Kier alpha value is -3.90. The zero-order chi connectivity index (χ0) is 25.2. The van der Waals surface area contributed by atoms with Gasteiger partial charge in [0.05, 0.1) is 23.8 Å². The number of rotatable bonds is 5. The number of urea groups is 1. The summed E-state index contributed by atoms with van der Waals surface area (Å²) in [4.78, 5) is 19.1. The lowest BCUT2D eigenvalue weighted by molar-refractivity contribution is 0.170. The summed E-state index contributed by atoms with van der Waals surface area (Å²) in [6.07, 6.45) is 2.74. The fourth-order valence-corrected chi connectivity index (χ4v) is 4.93. The molecule has 1 aliphatic carbocycles. The van der Waals surface area contributed by atoms with Gasteiger partial charge in [-0.3, -0.25) is 0 Å². The van der Waals surface area contributed by atoms with Crippen molar-refractivity contribution in [3.8, 4) is 34.7 Å². The molecule has 0 spiro atoms. The summed E-state index contributed by atoms with van der Waals surface area (Å²) in [7, 11) is 0. The van der Waals surface area contributed by atoms with Gasteiger partial charge < -0.3 is 24.6 Å². The molecule has 186 valence electrons. The number of amides is 2. The van der Waals surface area contributed by atoms with E-state index in [2.05, 4.69) is 21.5 Å². The van der Waals surface area contributed by atoms with Crippen molar-refractivity contribution in [2.45, 2.75) is 57.8 Å². The van der Waals surface area contributed by atoms with Crippen LogP contribution in [0.4, 0.5) is 4.79 Å². The average molecular weight is 488 g/mol. The molecular formula is C27H29N5O4. The van der Waals surface area contributed by atoms with Gasteiger partial charge >= 0.3 is 6.03 Å². The first-order chi connectivity index (χ1) is 17.4. The van der Waals surface area contributed by atoms with Crippen LogP contribution in [-0.2, 0) is 6.42 Å². The number of fused-ring (bicyclic) bond motifs is 1. The van der Waals surface area contributed by atoms with Crippen LogP contribution in [0.2, 0.25) is 0 Å². The molecule has 1 fully saturated rings. The monoisotopic (exact) mass is 487 g/mol. The van der Waals surface area contributed by atoms with Gasteiger partial charge in [0, 0.05) is 24.2 Å². The maximum atomic E-state index is 12.8. The van der Waals surface area contributed by atoms with Crippen LogP contribution < -0.4 is 10.1 Å². The van der Waals surface area contributed by atoms with E-state index in [0.717, 1.165) is 36.0 Å². The van der Waals surface area contributed by atoms with Gasteiger partial charge in [0.15, 0.2) is 0 Å². The molecule has 2 heterocycles. The van der Waals surface area contributed by atoms with Gasteiger partial charge in [0.25, 0.3) is 5.89 Å². The fraction of sp³-hybridized carbons (Fsp3) is 0.407. The molecule has 2 amide bonds. The predicted molar refractivity (Wildman–Crippen MR) is 132 cm³/mol. The number of hydrogen-bond donors (Lipinski definition) is 2. The number of nitrogens with one attached hydrogen (secondary N) is 1. The molecule has 3 aromatic rings. The molecule has 36 heavy (non-hydrogen) atoms. The number of benzene rings is 2. The van der Waals surface area contributed by atoms with Crippen molar-refractivity contribution in [1.29, 1.82) is 5.26 Å². The van der Waals surface area contributed by atoms with Crippen LogP contribution in [0.1, 0.15) is 55.8 Å². The zero-order valence-corrected chi connectivity index (χ0v) is 20.4. The van der Waals surface area contributed by atoms with Crippen molar-refractivity contribution < 1.29 is 19.2 Å². The number of aromatic nitrogens is 2. The van der Waals surface area contributed by atoms with Gasteiger partial charge in [0.2, 0.25) is 5.82 Å². The van der Waals surface area contributed by atoms with Crippen molar-refractivity contribution in [1.82, 2.24) is 20.4 Å². The van der Waals surface area contributed by atoms with Gasteiger partial charge in [-0.15, -0.1) is 0 Å². The number of ether oxygens (including phenoxy) is 1. The highest BCUT2D eigenvalue weighted by atomic mass is 16.5. The van der Waals surface area contributed by atoms with Gasteiger partial charge in [-0.2, -0.15) is 10.2 Å². The first-order valence-corrected chi connectivity index (χ1v) is 12.3. The maximum Gasteiger partial charge on any atom is 0.317 e. The summed E-state index contributed by atoms with van der Waals surface area (Å²) >= 11 is 0. The van der Waals surface area contributed by atoms with Crippen molar-refractivity contribution >= 4 is 6.03 Å². The molecule has 0 radical (unpaired) electrons. The molecule has 1 aromatic heterocycles. The van der Waals surface area contributed by atoms with Crippen molar-refractivity contribution in [2.75, 3.05) is 13.1 Å². The smallest absolute Gasteiger partial charge is 0.317 e. The highest BCUT2D eigenvalue weighted by Crippen LogP contribution is 2.36. The number of aliphatic hydroxyl groups is 1. The Kier molecular flexibility index (Phi) is 6.61. The quantitative estimate of drug-likeness (QED) is 0.552. The molecule has 9 heteroatoms. The van der Waals surface area contributed by atoms with Crippen LogP contribution in [0.3, 0.4) is 0 Å². The van der Waals surface area contributed by atoms with Crippen molar-refractivity contribution in [3.63, 3.8) is 0 Å². The van der Waals surface area contributed by atoms with E-state index in [1.54, 1.807) is 23.1 Å². The molecule has 0 saturated carbocycles. The van der Waals surface area contributed by atoms with E-state index >= 15 is 0 Å². The molecule has 2 aliphatic rings. The van der Waals surface area contributed by atoms with E-state index in [9.17, 15) is 15.2 Å². The molecule has 9 nitrogen and oxygen atoms in total. The van der Waals surface area contributed by atoms with Crippen LogP contribution in [0, 0.1) is 11.3 Å². The molecular weight excluding hydrogens is 458 g/mol. The lowest BCUT2D eigenvalue weighted by Crippen LogP contribution is -2.41. The van der Waals surface area contributed by atoms with Crippen LogP contribution in [-0.4, -0.2) is 51.5 Å². The van der Waals surface area contributed by atoms with Crippen LogP contribution in [0.25, 0.3) is 22.8 Å². The van der Waals surface area contributed by atoms with Gasteiger partial charge in [0.1, 0.15) is 11.8 Å². The molecule has 5 rings (SSSR count). The number of carbonyl (C=O) groups is 1. The van der Waals surface area contributed by atoms with Gasteiger partial charge in [-0.25, -0.2) is 4.79 Å². The first-order valence-electron chi connectivity index (χ1n) is 12.3. The minimum Gasteiger partial charge on any atom is -0.490 e. The van der Waals surface area contributed by atoms with E-state index in [-0.39, 0.29) is 18.2 Å². The van der Waals surface area contributed by atoms with E-state index in [4.69, 9.17) is 9.26 Å². The summed E-state index contributed by atoms with van der Waals surface area (Å²) in [6, 6.07) is 13.1. The van der Waals surface area contributed by atoms with E-state index in [0.29, 0.717) is 48.1 Å². The largest absolute Gasteiger partial charge is 0.490 e. The molecule has 0 bridgehead atoms. The Labute approximate surface area is 209 Å². The number of carbonyl (C=O) groups excluding carboxylic acids is 1. The topological polar surface area (TPSA) is 125 Å². The van der Waals surface area contributed by atoms with E-state index in [1.165, 1.54) is 0 Å². The summed E-state index contributed by atoms with van der Waals surface area (Å²) in [5.41, 5.74) is 4.08. The minimum atomic E-state index is -0.448. The van der Waals surface area contributed by atoms with E-state index < -0.39 is 6.10 Å². The summed E-state index contributed by atoms with van der Waals surface area (Å²) in [5, 5.41) is 26.7. The Morgan fingerprint density at radius 1 is 1.31 bits per heavy atom. The lowest BCUT2D eigenvalue weighted by atomic mass is 9.84. The number of aliphatic hydroxyl groups excluding tert-OH is 1. The Morgan fingerprint density at radius 3 is 2.92 bits per heavy atom. The normalized spacial score (nSPS) is 19.1. The highest BCUT2D eigenvalue weighted by Gasteiger charge is 2.29. The number of nitrogens with zero attached hydrogens (tertiary/aromatic N) is 4. The maximum absolute atomic E-state index is 12.8. The Morgan fingerprint density at radius 2 is 2.17 bits per heavy atom. The van der Waals surface area contributed by atoms with E-state index in [1.807, 2.05) is 32.0 Å². The molecule has 1 aliphatic heterocycles. The predicted octanol–water partition coefficient (Wildman–Crippen LogP) is 4.22. The number of hydrogen-bond acceptors (Lipinski definition) is 7. The molecule has 2 N–H and O–H groups in total. The summed E-state index contributed by atoms with van der Waals surface area (Å²) in [5.74, 6) is 1.31. The second-order valence-corrected chi connectivity index (χ2v) is 9.57. The van der Waals surface area contributed by atoms with Crippen LogP contribution >= 0.6 is 0 Å². The number of nitriles is 1. The minimum absolute atomic E-state index is 0.0437. The third-order valence-electron chi connectivity index (χ3n) is 6.63. The fourth-order valence-electron chi connectivity index (χ4n) is 4.93. The third kappa shape index (κ3) is 4.77. The summed E-state index contributed by atoms with van der Waals surface area (Å²) < 4.78 is 11.3. The van der Waals surface area contributed by atoms with Crippen LogP contribution in [0.15, 0.2) is 40.9 Å². The summed E-state index contributed by atoms with van der Waals surface area (Å²) in [6.45, 7) is 4.75. The SMILES string of the molecule is CC(C)Oc1ccc(-c2nc(-c3cccc4c3CCC[C@@H]4NC(=O)N3CC[C@H](O)C3)no2)cc1C#N. The molecule has 0 unspecified atom stereocenters. The second-order valence-electron chi connectivity index (χ2n) is 9.57. The lowest BCUT2D eigenvalue weighted by Gasteiger charge is -2.29. The third-order valence-corrected chi connectivity index (χ3v) is 6.63. The molecule has 2 aromatic carbocycles. The van der Waals surface area contributed by atoms with Crippen molar-refractivity contribution in [3.05, 3.63) is 53.1 Å². The first kappa shape index (κ1) is 23.8. The molecule has 2 atom stereocenters. The number of β-amino-alcohol motifs (C(OH)–C–C–N with tert-alkyl or cyclic N) is 1. The number of likely N-dealkylation sites (tertiary alicyclic amines) is 1. The average Bonchev–Trinajstić information content (AvgIpc) is 3.53. The van der Waals surface area contributed by atoms with Crippen LogP contribution in [0.5, 0.6) is 5.75 Å².